The number of nitrogens with zero attached hydrogens (tertiary/aromatic N) is 5. The largest absolute Gasteiger partial charge is 0.395 e. The van der Waals surface area contributed by atoms with E-state index in [1.165, 1.54) is 0 Å². The number of benzene rings is 3. The summed E-state index contributed by atoms with van der Waals surface area (Å²) >= 11 is 3.62. The van der Waals surface area contributed by atoms with Crippen molar-refractivity contribution in [3.8, 4) is 0 Å². The number of carbonyl (C=O) groups is 2. The van der Waals surface area contributed by atoms with Crippen molar-refractivity contribution in [1.29, 1.82) is 0 Å². The summed E-state index contributed by atoms with van der Waals surface area (Å²) in [7, 11) is -3.36. The van der Waals surface area contributed by atoms with Crippen molar-refractivity contribution in [3.63, 3.8) is 0 Å². The number of aliphatic hydroxyl groups excluding tert-OH is 1. The third-order valence-corrected chi connectivity index (χ3v) is 13.5. The molecule has 0 saturated carbocycles. The van der Waals surface area contributed by atoms with E-state index in [2.05, 4.69) is 26.2 Å². The molecule has 0 radical (unpaired) electrons. The number of amides is 2. The van der Waals surface area contributed by atoms with Crippen LogP contribution in [0.3, 0.4) is 0 Å². The van der Waals surface area contributed by atoms with Crippen molar-refractivity contribution in [2.24, 2.45) is 5.92 Å². The molecule has 4 aromatic rings. The van der Waals surface area contributed by atoms with E-state index in [0.717, 1.165) is 39.0 Å². The van der Waals surface area contributed by atoms with Crippen LogP contribution < -0.4 is 9.80 Å². The maximum atomic E-state index is 16.4. The molecule has 3 aliphatic heterocycles. The molecule has 2 saturated heterocycles. The monoisotopic (exact) mass is 745 g/mol. The zero-order valence-electron chi connectivity index (χ0n) is 27.9. The molecular formula is C37H41BrFN5O4Si. The fourth-order valence-corrected chi connectivity index (χ4v) is 11.2. The molecule has 3 aliphatic rings. The number of hydrogen-bond donors (Lipinski definition) is 1. The molecule has 0 bridgehead atoms. The smallest absolute Gasteiger partial charge is 0.264 e. The van der Waals surface area contributed by atoms with Gasteiger partial charge in [0.1, 0.15) is 0 Å². The van der Waals surface area contributed by atoms with Gasteiger partial charge in [-0.1, -0.05) is 70.5 Å². The van der Waals surface area contributed by atoms with E-state index in [0.29, 0.717) is 38.2 Å². The van der Waals surface area contributed by atoms with Gasteiger partial charge in [0.25, 0.3) is 5.91 Å². The van der Waals surface area contributed by atoms with Gasteiger partial charge in [0.2, 0.25) is 14.3 Å². The minimum atomic E-state index is -3.36. The van der Waals surface area contributed by atoms with Crippen molar-refractivity contribution in [3.05, 3.63) is 106 Å². The number of aliphatic hydroxyl groups is 1. The second kappa shape index (κ2) is 13.2. The highest BCUT2D eigenvalue weighted by molar-refractivity contribution is 9.10. The summed E-state index contributed by atoms with van der Waals surface area (Å²) in [5.74, 6) is -0.817. The Bertz CT molecular complexity index is 1870. The molecule has 9 nitrogen and oxygen atoms in total. The number of rotatable bonds is 10. The Labute approximate surface area is 295 Å². The summed E-state index contributed by atoms with van der Waals surface area (Å²) in [6.07, 6.45) is 3.11. The maximum absolute atomic E-state index is 16.4. The number of carbonyl (C=O) groups excluding carboxylic acids is 2. The molecule has 1 unspecified atom stereocenters. The lowest BCUT2D eigenvalue weighted by molar-refractivity contribution is -0.146. The van der Waals surface area contributed by atoms with Crippen LogP contribution in [0, 0.1) is 5.92 Å². The van der Waals surface area contributed by atoms with E-state index in [9.17, 15) is 14.7 Å². The van der Waals surface area contributed by atoms with E-state index in [4.69, 9.17) is 4.74 Å². The van der Waals surface area contributed by atoms with Crippen LogP contribution in [0.2, 0.25) is 18.6 Å². The second-order valence-electron chi connectivity index (χ2n) is 14.0. The van der Waals surface area contributed by atoms with E-state index in [-0.39, 0.29) is 24.3 Å². The SMILES string of the molecule is C[C@H]1[C@H]([Si](C)(C)F)[C@@H](CCn2cc(C(CO)c3ccccc3)nn2)O[C@]12C(=O)N(Cc1cccc(N3CCCC3=O)c1)c1ccc(Br)cc12. The van der Waals surface area contributed by atoms with Gasteiger partial charge in [0.05, 0.1) is 36.6 Å². The fourth-order valence-electron chi connectivity index (χ4n) is 8.27. The summed E-state index contributed by atoms with van der Waals surface area (Å²) in [4.78, 5) is 30.8. The van der Waals surface area contributed by atoms with Gasteiger partial charge in [-0.05, 0) is 67.4 Å². The Kier molecular flexibility index (Phi) is 9.10. The zero-order valence-corrected chi connectivity index (χ0v) is 30.5. The van der Waals surface area contributed by atoms with Crippen LogP contribution in [-0.2, 0) is 33.0 Å². The van der Waals surface area contributed by atoms with Crippen molar-refractivity contribution in [1.82, 2.24) is 15.0 Å². The Morgan fingerprint density at radius 3 is 2.61 bits per heavy atom. The highest BCUT2D eigenvalue weighted by atomic mass is 79.9. The van der Waals surface area contributed by atoms with Crippen LogP contribution >= 0.6 is 15.9 Å². The molecule has 2 amide bonds. The maximum Gasteiger partial charge on any atom is 0.264 e. The van der Waals surface area contributed by atoms with E-state index in [1.807, 2.05) is 85.9 Å². The van der Waals surface area contributed by atoms with Crippen LogP contribution in [0.1, 0.15) is 54.5 Å². The Morgan fingerprint density at radius 2 is 1.90 bits per heavy atom. The zero-order chi connectivity index (χ0) is 34.5. The van der Waals surface area contributed by atoms with Gasteiger partial charge in [0, 0.05) is 52.9 Å². The fraction of sp³-hybridized carbons (Fsp3) is 0.405. The predicted molar refractivity (Wildman–Crippen MR) is 191 cm³/mol. The lowest BCUT2D eigenvalue weighted by Gasteiger charge is -2.31. The standard InChI is InChI=1S/C37H41BrFN5O4Si/c1-24-35(49(2,3)39)33(16-18-42-22-31(40-41-42)29(23-45)26-10-5-4-6-11-26)48-37(24)30-20-27(38)14-15-32(30)44(36(37)47)21-25-9-7-12-28(19-25)43-17-8-13-34(43)46/h4-7,9-12,14-15,19-20,22,24,29,33,35,45H,8,13,16-18,21,23H2,1-3H3/t24-,29?,33+,35-,37+/m0/s1. The summed E-state index contributed by atoms with van der Waals surface area (Å²) < 4.78 is 25.8. The van der Waals surface area contributed by atoms with E-state index in [1.54, 1.807) is 27.6 Å². The lowest BCUT2D eigenvalue weighted by Crippen LogP contribution is -2.45. The number of halogens is 2. The Balaban J connectivity index is 1.17. The average Bonchev–Trinajstić information content (AvgIpc) is 3.84. The number of fused-ring (bicyclic) bond motifs is 2. The molecular weight excluding hydrogens is 705 g/mol. The first-order chi connectivity index (χ1) is 23.5. The van der Waals surface area contributed by atoms with Gasteiger partial charge in [-0.3, -0.25) is 14.3 Å². The molecule has 1 N–H and O–H groups in total. The number of aromatic nitrogens is 3. The van der Waals surface area contributed by atoms with Gasteiger partial charge >= 0.3 is 0 Å². The Morgan fingerprint density at radius 1 is 1.10 bits per heavy atom. The van der Waals surface area contributed by atoms with Crippen LogP contribution in [0.5, 0.6) is 0 Å². The van der Waals surface area contributed by atoms with Crippen molar-refractivity contribution < 1.29 is 23.5 Å². The number of ether oxygens (including phenoxy) is 1. The van der Waals surface area contributed by atoms with Gasteiger partial charge in [0.15, 0.2) is 5.60 Å². The molecule has 3 aromatic carbocycles. The average molecular weight is 747 g/mol. The van der Waals surface area contributed by atoms with Crippen molar-refractivity contribution in [2.75, 3.05) is 23.0 Å². The summed E-state index contributed by atoms with van der Waals surface area (Å²) in [6.45, 7) is 6.66. The highest BCUT2D eigenvalue weighted by Crippen LogP contribution is 2.60. The molecule has 0 aliphatic carbocycles. The minimum Gasteiger partial charge on any atom is -0.395 e. The van der Waals surface area contributed by atoms with Crippen LogP contribution in [0.25, 0.3) is 0 Å². The first kappa shape index (κ1) is 33.8. The molecule has 1 aromatic heterocycles. The summed E-state index contributed by atoms with van der Waals surface area (Å²) in [6, 6.07) is 23.3. The molecule has 49 heavy (non-hydrogen) atoms. The third-order valence-electron chi connectivity index (χ3n) is 10.5. The Hall–Kier alpha value is -3.71. The van der Waals surface area contributed by atoms with Gasteiger partial charge < -0.3 is 23.8 Å². The topological polar surface area (TPSA) is 101 Å². The summed E-state index contributed by atoms with van der Waals surface area (Å²) in [5.41, 5.74) is 3.02. The van der Waals surface area contributed by atoms with Gasteiger partial charge in [-0.25, -0.2) is 0 Å². The molecule has 1 spiro atoms. The van der Waals surface area contributed by atoms with Gasteiger partial charge in [-0.15, -0.1) is 5.10 Å². The van der Waals surface area contributed by atoms with E-state index < -0.39 is 31.6 Å². The van der Waals surface area contributed by atoms with Crippen LogP contribution in [-0.4, -0.2) is 59.6 Å². The number of hydrogen-bond acceptors (Lipinski definition) is 6. The lowest BCUT2D eigenvalue weighted by atomic mass is 9.82. The van der Waals surface area contributed by atoms with E-state index >= 15 is 4.11 Å². The highest BCUT2D eigenvalue weighted by Gasteiger charge is 2.66. The first-order valence-electron chi connectivity index (χ1n) is 16.9. The third kappa shape index (κ3) is 6.06. The molecule has 5 atom stereocenters. The normalized spacial score (nSPS) is 24.3. The second-order valence-corrected chi connectivity index (χ2v) is 18.7. The quantitative estimate of drug-likeness (QED) is 0.143. The molecule has 256 valence electrons. The van der Waals surface area contributed by atoms with Gasteiger partial charge in [-0.2, -0.15) is 0 Å². The molecule has 12 heteroatoms. The first-order valence-corrected chi connectivity index (χ1v) is 20.7. The predicted octanol–water partition coefficient (Wildman–Crippen LogP) is 6.70. The van der Waals surface area contributed by atoms with Crippen LogP contribution in [0.15, 0.2) is 83.5 Å². The molecule has 2 fully saturated rings. The minimum absolute atomic E-state index is 0.105. The molecule has 7 rings (SSSR count). The van der Waals surface area contributed by atoms with Crippen molar-refractivity contribution >= 4 is 47.5 Å². The van der Waals surface area contributed by atoms with Crippen LogP contribution in [0.4, 0.5) is 15.5 Å². The number of aryl methyl sites for hydroxylation is 1. The summed E-state index contributed by atoms with van der Waals surface area (Å²) in [5, 5.41) is 18.8. The van der Waals surface area contributed by atoms with Crippen molar-refractivity contribution in [2.45, 2.75) is 75.5 Å². The number of anilines is 2. The molecule has 4 heterocycles.